The van der Waals surface area contributed by atoms with E-state index in [1.165, 1.54) is 11.1 Å². The molecule has 0 fully saturated rings. The van der Waals surface area contributed by atoms with E-state index in [4.69, 9.17) is 4.74 Å². The number of ether oxygens (including phenoxy) is 1. The summed E-state index contributed by atoms with van der Waals surface area (Å²) in [6.07, 6.45) is 1.20. The van der Waals surface area contributed by atoms with Crippen LogP contribution in [-0.2, 0) is 6.42 Å². The zero-order valence-electron chi connectivity index (χ0n) is 15.0. The first-order valence-electron chi connectivity index (χ1n) is 8.53. The zero-order chi connectivity index (χ0) is 16.8. The minimum atomic E-state index is 0.0727. The van der Waals surface area contributed by atoms with Crippen molar-refractivity contribution in [2.75, 3.05) is 12.4 Å². The molecule has 0 aliphatic carbocycles. The first-order chi connectivity index (χ1) is 11.0. The lowest BCUT2D eigenvalue weighted by Gasteiger charge is -2.23. The molecule has 1 unspecified atom stereocenters. The lowest BCUT2D eigenvalue weighted by atomic mass is 9.95. The van der Waals surface area contributed by atoms with Gasteiger partial charge in [0, 0.05) is 12.7 Å². The van der Waals surface area contributed by atoms with Gasteiger partial charge in [0.2, 0.25) is 0 Å². The number of hydrogen-bond acceptors (Lipinski definition) is 2. The summed E-state index contributed by atoms with van der Waals surface area (Å²) in [4.78, 5) is 0. The fourth-order valence-corrected chi connectivity index (χ4v) is 2.75. The fourth-order valence-electron chi connectivity index (χ4n) is 2.75. The molecule has 0 amide bonds. The van der Waals surface area contributed by atoms with Crippen LogP contribution in [0.4, 0.5) is 5.69 Å². The van der Waals surface area contributed by atoms with Crippen LogP contribution >= 0.6 is 0 Å². The van der Waals surface area contributed by atoms with Gasteiger partial charge in [-0.15, -0.1) is 0 Å². The summed E-state index contributed by atoms with van der Waals surface area (Å²) < 4.78 is 6.25. The number of rotatable bonds is 7. The molecule has 23 heavy (non-hydrogen) atoms. The van der Waals surface area contributed by atoms with Crippen molar-refractivity contribution >= 4 is 5.69 Å². The minimum Gasteiger partial charge on any atom is -0.485 e. The van der Waals surface area contributed by atoms with Crippen LogP contribution in [-0.4, -0.2) is 7.05 Å². The van der Waals surface area contributed by atoms with E-state index in [0.717, 1.165) is 17.9 Å². The Morgan fingerprint density at radius 3 is 1.96 bits per heavy atom. The summed E-state index contributed by atoms with van der Waals surface area (Å²) in [5.74, 6) is 2.01. The summed E-state index contributed by atoms with van der Waals surface area (Å²) in [5.41, 5.74) is 3.73. The van der Waals surface area contributed by atoms with E-state index >= 15 is 0 Å². The molecule has 0 saturated carbocycles. The molecule has 2 heteroatoms. The molecule has 0 bridgehead atoms. The van der Waals surface area contributed by atoms with Crippen molar-refractivity contribution in [3.05, 3.63) is 59.7 Å². The Bertz CT molecular complexity index is 584. The van der Waals surface area contributed by atoms with Gasteiger partial charge in [-0.05, 0) is 53.6 Å². The lowest BCUT2D eigenvalue weighted by molar-refractivity contribution is 0.153. The van der Waals surface area contributed by atoms with Crippen molar-refractivity contribution in [1.29, 1.82) is 0 Å². The van der Waals surface area contributed by atoms with Crippen molar-refractivity contribution in [3.63, 3.8) is 0 Å². The molecular formula is C21H29NO. The second-order valence-corrected chi connectivity index (χ2v) is 6.90. The van der Waals surface area contributed by atoms with Gasteiger partial charge in [-0.3, -0.25) is 0 Å². The van der Waals surface area contributed by atoms with E-state index in [1.807, 2.05) is 31.3 Å². The van der Waals surface area contributed by atoms with Gasteiger partial charge in [-0.25, -0.2) is 0 Å². The Balaban J connectivity index is 2.13. The Morgan fingerprint density at radius 2 is 1.48 bits per heavy atom. The molecule has 0 aliphatic rings. The number of hydrogen-bond donors (Lipinski definition) is 1. The summed E-state index contributed by atoms with van der Waals surface area (Å²) in [5, 5.41) is 3.13. The highest BCUT2D eigenvalue weighted by Gasteiger charge is 2.18. The average molecular weight is 311 g/mol. The van der Waals surface area contributed by atoms with E-state index in [2.05, 4.69) is 57.3 Å². The van der Waals surface area contributed by atoms with Crippen molar-refractivity contribution in [3.8, 4) is 5.75 Å². The molecule has 0 aromatic heterocycles. The molecule has 124 valence electrons. The molecule has 2 rings (SSSR count). The predicted octanol–water partition coefficient (Wildman–Crippen LogP) is 5.70. The maximum atomic E-state index is 6.25. The zero-order valence-corrected chi connectivity index (χ0v) is 15.0. The van der Waals surface area contributed by atoms with E-state index in [-0.39, 0.29) is 6.10 Å². The standard InChI is InChI=1S/C21H29NO/c1-15(2)14-17-6-8-18(9-7-17)21(16(3)4)23-20-12-10-19(22-5)11-13-20/h6-13,15-16,21-22H,14H2,1-5H3. The summed E-state index contributed by atoms with van der Waals surface area (Å²) in [7, 11) is 1.92. The van der Waals surface area contributed by atoms with Crippen LogP contribution in [0.25, 0.3) is 0 Å². The normalized spacial score (nSPS) is 12.5. The topological polar surface area (TPSA) is 21.3 Å². The SMILES string of the molecule is CNc1ccc(OC(c2ccc(CC(C)C)cc2)C(C)C)cc1. The van der Waals surface area contributed by atoms with Crippen LogP contribution in [0, 0.1) is 11.8 Å². The van der Waals surface area contributed by atoms with Crippen LogP contribution < -0.4 is 10.1 Å². The molecule has 2 aromatic rings. The van der Waals surface area contributed by atoms with Gasteiger partial charge in [-0.1, -0.05) is 52.0 Å². The van der Waals surface area contributed by atoms with Crippen LogP contribution in [0.5, 0.6) is 5.75 Å². The fraction of sp³-hybridized carbons (Fsp3) is 0.429. The number of benzene rings is 2. The van der Waals surface area contributed by atoms with E-state index in [9.17, 15) is 0 Å². The summed E-state index contributed by atoms with van der Waals surface area (Å²) in [6.45, 7) is 8.91. The Hall–Kier alpha value is -1.96. The van der Waals surface area contributed by atoms with Gasteiger partial charge in [0.15, 0.2) is 0 Å². The van der Waals surface area contributed by atoms with Crippen LogP contribution in [0.2, 0.25) is 0 Å². The highest BCUT2D eigenvalue weighted by molar-refractivity contribution is 5.45. The molecule has 0 heterocycles. The summed E-state index contributed by atoms with van der Waals surface area (Å²) >= 11 is 0. The predicted molar refractivity (Wildman–Crippen MR) is 99.2 cm³/mol. The number of anilines is 1. The van der Waals surface area contributed by atoms with Crippen molar-refractivity contribution in [1.82, 2.24) is 0 Å². The van der Waals surface area contributed by atoms with Gasteiger partial charge < -0.3 is 10.1 Å². The summed E-state index contributed by atoms with van der Waals surface area (Å²) in [6, 6.07) is 17.0. The first-order valence-corrected chi connectivity index (χ1v) is 8.53. The van der Waals surface area contributed by atoms with Gasteiger partial charge in [-0.2, -0.15) is 0 Å². The molecule has 0 radical (unpaired) electrons. The maximum absolute atomic E-state index is 6.25. The van der Waals surface area contributed by atoms with E-state index < -0.39 is 0 Å². The average Bonchev–Trinajstić information content (AvgIpc) is 2.53. The Labute approximate surface area is 140 Å². The molecule has 0 aliphatic heterocycles. The van der Waals surface area contributed by atoms with Crippen molar-refractivity contribution in [2.45, 2.75) is 40.2 Å². The number of nitrogens with one attached hydrogen (secondary N) is 1. The molecular weight excluding hydrogens is 282 g/mol. The molecule has 2 nitrogen and oxygen atoms in total. The molecule has 1 atom stereocenters. The lowest BCUT2D eigenvalue weighted by Crippen LogP contribution is -2.14. The maximum Gasteiger partial charge on any atom is 0.126 e. The minimum absolute atomic E-state index is 0.0727. The van der Waals surface area contributed by atoms with Crippen molar-refractivity contribution in [2.24, 2.45) is 11.8 Å². The van der Waals surface area contributed by atoms with Crippen molar-refractivity contribution < 1.29 is 4.74 Å². The smallest absolute Gasteiger partial charge is 0.126 e. The van der Waals surface area contributed by atoms with Gasteiger partial charge in [0.05, 0.1) is 0 Å². The molecule has 1 N–H and O–H groups in total. The second-order valence-electron chi connectivity index (χ2n) is 6.90. The third-order valence-electron chi connectivity index (χ3n) is 3.96. The highest BCUT2D eigenvalue weighted by atomic mass is 16.5. The second kappa shape index (κ2) is 8.05. The Kier molecular flexibility index (Phi) is 6.09. The van der Waals surface area contributed by atoms with Gasteiger partial charge in [0.25, 0.3) is 0 Å². The molecule has 0 spiro atoms. The van der Waals surface area contributed by atoms with Crippen LogP contribution in [0.15, 0.2) is 48.5 Å². The van der Waals surface area contributed by atoms with E-state index in [0.29, 0.717) is 11.8 Å². The van der Waals surface area contributed by atoms with Gasteiger partial charge >= 0.3 is 0 Å². The molecule has 2 aromatic carbocycles. The third-order valence-corrected chi connectivity index (χ3v) is 3.96. The first kappa shape index (κ1) is 17.4. The molecule has 0 saturated heterocycles. The highest BCUT2D eigenvalue weighted by Crippen LogP contribution is 2.29. The quantitative estimate of drug-likeness (QED) is 0.708. The van der Waals surface area contributed by atoms with Crippen LogP contribution in [0.3, 0.4) is 0 Å². The van der Waals surface area contributed by atoms with Gasteiger partial charge in [0.1, 0.15) is 11.9 Å². The largest absolute Gasteiger partial charge is 0.485 e. The Morgan fingerprint density at radius 1 is 0.870 bits per heavy atom. The monoisotopic (exact) mass is 311 g/mol. The third kappa shape index (κ3) is 5.02. The van der Waals surface area contributed by atoms with E-state index in [1.54, 1.807) is 0 Å². The van der Waals surface area contributed by atoms with Crippen LogP contribution in [0.1, 0.15) is 44.9 Å².